The first kappa shape index (κ1) is 19.3. The SMILES string of the molecule is CS(=O)(=O)CCC(C(=O)Nc1ccc2c(c1)OCO2)N1Cc2ccccc2C1=O. The summed E-state index contributed by atoms with van der Waals surface area (Å²) >= 11 is 0. The van der Waals surface area contributed by atoms with E-state index in [4.69, 9.17) is 9.47 Å². The van der Waals surface area contributed by atoms with E-state index in [1.54, 1.807) is 30.3 Å². The van der Waals surface area contributed by atoms with Crippen LogP contribution in [0.5, 0.6) is 11.5 Å². The second-order valence-electron chi connectivity index (χ2n) is 7.08. The first-order chi connectivity index (χ1) is 13.8. The van der Waals surface area contributed by atoms with Gasteiger partial charge < -0.3 is 19.7 Å². The van der Waals surface area contributed by atoms with Gasteiger partial charge in [-0.3, -0.25) is 9.59 Å². The van der Waals surface area contributed by atoms with Crippen LogP contribution in [-0.2, 0) is 21.2 Å². The molecule has 1 unspecified atom stereocenters. The van der Waals surface area contributed by atoms with Crippen molar-refractivity contribution in [3.63, 3.8) is 0 Å². The van der Waals surface area contributed by atoms with Crippen LogP contribution in [0.15, 0.2) is 42.5 Å². The lowest BCUT2D eigenvalue weighted by Gasteiger charge is -2.26. The predicted molar refractivity (Wildman–Crippen MR) is 106 cm³/mol. The van der Waals surface area contributed by atoms with E-state index in [-0.39, 0.29) is 31.4 Å². The number of ether oxygens (including phenoxy) is 2. The summed E-state index contributed by atoms with van der Waals surface area (Å²) in [5.74, 6) is 0.169. The Labute approximate surface area is 168 Å². The van der Waals surface area contributed by atoms with Gasteiger partial charge in [0.05, 0.1) is 5.75 Å². The Kier molecular flexibility index (Phi) is 4.91. The minimum Gasteiger partial charge on any atom is -0.454 e. The maximum atomic E-state index is 13.0. The van der Waals surface area contributed by atoms with Gasteiger partial charge in [-0.25, -0.2) is 8.42 Å². The minimum absolute atomic E-state index is 0.00888. The standard InChI is InChI=1S/C20H20N2O6S/c1-29(25,26)9-8-16(22-11-13-4-2-3-5-15(13)20(22)24)19(23)21-14-6-7-17-18(10-14)28-12-27-17/h2-7,10,16H,8-9,11-12H2,1H3,(H,21,23). The zero-order valence-corrected chi connectivity index (χ0v) is 16.6. The summed E-state index contributed by atoms with van der Waals surface area (Å²) in [6, 6.07) is 11.2. The average molecular weight is 416 g/mol. The van der Waals surface area contributed by atoms with Gasteiger partial charge in [-0.2, -0.15) is 0 Å². The molecule has 0 aliphatic carbocycles. The number of carbonyl (C=O) groups excluding carboxylic acids is 2. The van der Waals surface area contributed by atoms with E-state index in [2.05, 4.69) is 5.32 Å². The summed E-state index contributed by atoms with van der Waals surface area (Å²) in [5.41, 5.74) is 1.83. The summed E-state index contributed by atoms with van der Waals surface area (Å²) in [6.45, 7) is 0.377. The van der Waals surface area contributed by atoms with Crippen LogP contribution in [0, 0.1) is 0 Å². The number of amides is 2. The molecule has 152 valence electrons. The number of nitrogens with zero attached hydrogens (tertiary/aromatic N) is 1. The molecule has 1 N–H and O–H groups in total. The third kappa shape index (κ3) is 4.04. The number of fused-ring (bicyclic) bond motifs is 2. The second-order valence-corrected chi connectivity index (χ2v) is 9.34. The highest BCUT2D eigenvalue weighted by molar-refractivity contribution is 7.90. The van der Waals surface area contributed by atoms with Crippen LogP contribution in [0.3, 0.4) is 0 Å². The monoisotopic (exact) mass is 416 g/mol. The molecule has 0 aromatic heterocycles. The lowest BCUT2D eigenvalue weighted by atomic mass is 10.1. The normalized spacial score (nSPS) is 15.9. The summed E-state index contributed by atoms with van der Waals surface area (Å²) < 4.78 is 34.0. The van der Waals surface area contributed by atoms with Crippen molar-refractivity contribution in [2.45, 2.75) is 19.0 Å². The molecule has 1 atom stereocenters. The van der Waals surface area contributed by atoms with Gasteiger partial charge in [0.1, 0.15) is 15.9 Å². The molecule has 9 heteroatoms. The summed E-state index contributed by atoms with van der Waals surface area (Å²) in [6.07, 6.45) is 1.12. The van der Waals surface area contributed by atoms with Crippen molar-refractivity contribution in [1.29, 1.82) is 0 Å². The quantitative estimate of drug-likeness (QED) is 0.771. The minimum atomic E-state index is -3.30. The van der Waals surface area contributed by atoms with Gasteiger partial charge in [0, 0.05) is 30.1 Å². The highest BCUT2D eigenvalue weighted by atomic mass is 32.2. The van der Waals surface area contributed by atoms with Gasteiger partial charge >= 0.3 is 0 Å². The van der Waals surface area contributed by atoms with Crippen molar-refractivity contribution in [3.05, 3.63) is 53.6 Å². The van der Waals surface area contributed by atoms with Gasteiger partial charge in [-0.05, 0) is 30.2 Å². The Morgan fingerprint density at radius 2 is 1.93 bits per heavy atom. The number of carbonyl (C=O) groups is 2. The van der Waals surface area contributed by atoms with Crippen LogP contribution < -0.4 is 14.8 Å². The Bertz CT molecular complexity index is 1080. The van der Waals surface area contributed by atoms with Gasteiger partial charge in [0.25, 0.3) is 5.91 Å². The zero-order chi connectivity index (χ0) is 20.6. The van der Waals surface area contributed by atoms with E-state index in [1.165, 1.54) is 4.90 Å². The van der Waals surface area contributed by atoms with Crippen molar-refractivity contribution in [2.75, 3.05) is 24.1 Å². The molecule has 29 heavy (non-hydrogen) atoms. The number of nitrogens with one attached hydrogen (secondary N) is 1. The maximum absolute atomic E-state index is 13.0. The summed E-state index contributed by atoms with van der Waals surface area (Å²) in [4.78, 5) is 27.3. The molecule has 2 amide bonds. The Balaban J connectivity index is 1.57. The molecule has 2 heterocycles. The van der Waals surface area contributed by atoms with E-state index in [0.717, 1.165) is 11.8 Å². The molecule has 0 radical (unpaired) electrons. The Hall–Kier alpha value is -3.07. The maximum Gasteiger partial charge on any atom is 0.255 e. The first-order valence-electron chi connectivity index (χ1n) is 9.09. The molecule has 0 fully saturated rings. The molecule has 8 nitrogen and oxygen atoms in total. The summed E-state index contributed by atoms with van der Waals surface area (Å²) in [5, 5.41) is 2.77. The number of hydrogen-bond donors (Lipinski definition) is 1. The molecule has 2 aromatic carbocycles. The van der Waals surface area contributed by atoms with E-state index >= 15 is 0 Å². The molecule has 2 aliphatic heterocycles. The fourth-order valence-electron chi connectivity index (χ4n) is 3.48. The number of anilines is 1. The molecule has 0 saturated heterocycles. The number of hydrogen-bond acceptors (Lipinski definition) is 6. The van der Waals surface area contributed by atoms with E-state index in [9.17, 15) is 18.0 Å². The Morgan fingerprint density at radius 3 is 2.69 bits per heavy atom. The molecule has 0 bridgehead atoms. The zero-order valence-electron chi connectivity index (χ0n) is 15.8. The molecular weight excluding hydrogens is 396 g/mol. The van der Waals surface area contributed by atoms with Crippen LogP contribution >= 0.6 is 0 Å². The average Bonchev–Trinajstić information content (AvgIpc) is 3.26. The lowest BCUT2D eigenvalue weighted by Crippen LogP contribution is -2.45. The second kappa shape index (κ2) is 7.40. The van der Waals surface area contributed by atoms with Crippen molar-refractivity contribution >= 4 is 27.3 Å². The van der Waals surface area contributed by atoms with Crippen LogP contribution in [-0.4, -0.2) is 50.0 Å². The number of sulfone groups is 1. The van der Waals surface area contributed by atoms with Crippen molar-refractivity contribution < 1.29 is 27.5 Å². The van der Waals surface area contributed by atoms with Crippen LogP contribution in [0.1, 0.15) is 22.3 Å². The number of rotatable bonds is 6. The smallest absolute Gasteiger partial charge is 0.255 e. The van der Waals surface area contributed by atoms with Crippen molar-refractivity contribution in [2.24, 2.45) is 0 Å². The van der Waals surface area contributed by atoms with E-state index < -0.39 is 21.8 Å². The highest BCUT2D eigenvalue weighted by Gasteiger charge is 2.36. The van der Waals surface area contributed by atoms with E-state index in [1.807, 2.05) is 12.1 Å². The van der Waals surface area contributed by atoms with Gasteiger partial charge in [0.15, 0.2) is 11.5 Å². The lowest BCUT2D eigenvalue weighted by molar-refractivity contribution is -0.120. The molecule has 2 aliphatic rings. The van der Waals surface area contributed by atoms with Crippen molar-refractivity contribution in [1.82, 2.24) is 4.90 Å². The van der Waals surface area contributed by atoms with Gasteiger partial charge in [-0.1, -0.05) is 18.2 Å². The highest BCUT2D eigenvalue weighted by Crippen LogP contribution is 2.34. The van der Waals surface area contributed by atoms with E-state index in [0.29, 0.717) is 22.7 Å². The van der Waals surface area contributed by atoms with Crippen LogP contribution in [0.25, 0.3) is 0 Å². The van der Waals surface area contributed by atoms with Crippen molar-refractivity contribution in [3.8, 4) is 11.5 Å². The molecular formula is C20H20N2O6S. The fraction of sp³-hybridized carbons (Fsp3) is 0.300. The third-order valence-electron chi connectivity index (χ3n) is 4.93. The molecule has 2 aromatic rings. The third-order valence-corrected chi connectivity index (χ3v) is 5.91. The van der Waals surface area contributed by atoms with Gasteiger partial charge in [0.2, 0.25) is 12.7 Å². The van der Waals surface area contributed by atoms with Crippen LogP contribution in [0.2, 0.25) is 0 Å². The largest absolute Gasteiger partial charge is 0.454 e. The van der Waals surface area contributed by atoms with Gasteiger partial charge in [-0.15, -0.1) is 0 Å². The fourth-order valence-corrected chi connectivity index (χ4v) is 4.13. The first-order valence-corrected chi connectivity index (χ1v) is 11.1. The summed E-state index contributed by atoms with van der Waals surface area (Å²) in [7, 11) is -3.30. The Morgan fingerprint density at radius 1 is 1.17 bits per heavy atom. The predicted octanol–water partition coefficient (Wildman–Crippen LogP) is 1.81. The number of benzene rings is 2. The molecule has 0 saturated carbocycles. The molecule has 0 spiro atoms. The van der Waals surface area contributed by atoms with Crippen LogP contribution in [0.4, 0.5) is 5.69 Å². The topological polar surface area (TPSA) is 102 Å². The molecule has 4 rings (SSSR count).